The molecule has 1 fully saturated rings. The van der Waals surface area contributed by atoms with Gasteiger partial charge in [0, 0.05) is 44.5 Å². The van der Waals surface area contributed by atoms with E-state index in [9.17, 15) is 9.59 Å². The number of aryl methyl sites for hydroxylation is 1. The van der Waals surface area contributed by atoms with Gasteiger partial charge in [-0.15, -0.1) is 0 Å². The van der Waals surface area contributed by atoms with Gasteiger partial charge < -0.3 is 14.2 Å². The summed E-state index contributed by atoms with van der Waals surface area (Å²) >= 11 is 0. The van der Waals surface area contributed by atoms with Crippen LogP contribution in [0.3, 0.4) is 0 Å². The minimum Gasteiger partial charge on any atom is -0.496 e. The van der Waals surface area contributed by atoms with Crippen LogP contribution in [0.2, 0.25) is 0 Å². The van der Waals surface area contributed by atoms with Crippen molar-refractivity contribution in [1.29, 1.82) is 0 Å². The number of aromatic nitrogens is 1. The number of para-hydroxylation sites is 1. The lowest BCUT2D eigenvalue weighted by molar-refractivity contribution is 0.0541. The van der Waals surface area contributed by atoms with Gasteiger partial charge in [0.1, 0.15) is 5.75 Å². The fraction of sp³-hybridized carbons (Fsp3) is 0.368. The van der Waals surface area contributed by atoms with Crippen molar-refractivity contribution >= 4 is 5.91 Å². The summed E-state index contributed by atoms with van der Waals surface area (Å²) in [5.41, 5.74) is 1.48. The number of carbonyl (C=O) groups excluding carboxylic acids is 1. The van der Waals surface area contributed by atoms with Crippen LogP contribution in [0.5, 0.6) is 5.75 Å². The number of hydrogen-bond donors (Lipinski definition) is 0. The van der Waals surface area contributed by atoms with Gasteiger partial charge in [-0.05, 0) is 19.2 Å². The molecule has 0 spiro atoms. The Morgan fingerprint density at radius 1 is 1.12 bits per heavy atom. The van der Waals surface area contributed by atoms with Crippen molar-refractivity contribution in [1.82, 2.24) is 14.4 Å². The molecule has 1 aromatic heterocycles. The molecule has 6 heteroatoms. The van der Waals surface area contributed by atoms with Crippen LogP contribution in [-0.4, -0.2) is 54.1 Å². The molecule has 0 radical (unpaired) electrons. The van der Waals surface area contributed by atoms with E-state index in [-0.39, 0.29) is 17.5 Å². The largest absolute Gasteiger partial charge is 0.496 e. The van der Waals surface area contributed by atoms with E-state index >= 15 is 0 Å². The third-order valence-corrected chi connectivity index (χ3v) is 4.77. The summed E-state index contributed by atoms with van der Waals surface area (Å²) in [6.45, 7) is 2.02. The monoisotopic (exact) mass is 341 g/mol. The minimum atomic E-state index is -0.123. The van der Waals surface area contributed by atoms with Gasteiger partial charge in [-0.3, -0.25) is 14.5 Å². The number of ether oxygens (including phenoxy) is 1. The van der Waals surface area contributed by atoms with Gasteiger partial charge in [0.25, 0.3) is 5.91 Å². The van der Waals surface area contributed by atoms with Crippen LogP contribution in [0, 0.1) is 0 Å². The lowest BCUT2D eigenvalue weighted by Gasteiger charge is -2.40. The quantitative estimate of drug-likeness (QED) is 0.849. The second-order valence-electron chi connectivity index (χ2n) is 6.36. The molecule has 1 aliphatic heterocycles. The highest BCUT2D eigenvalue weighted by Gasteiger charge is 2.30. The zero-order valence-electron chi connectivity index (χ0n) is 14.8. The highest BCUT2D eigenvalue weighted by Crippen LogP contribution is 2.31. The Bertz CT molecular complexity index is 831. The molecule has 1 aliphatic rings. The van der Waals surface area contributed by atoms with Crippen molar-refractivity contribution < 1.29 is 9.53 Å². The van der Waals surface area contributed by atoms with Crippen molar-refractivity contribution in [2.75, 3.05) is 33.8 Å². The van der Waals surface area contributed by atoms with Crippen molar-refractivity contribution in [3.05, 3.63) is 64.1 Å². The van der Waals surface area contributed by atoms with Gasteiger partial charge >= 0.3 is 0 Å². The van der Waals surface area contributed by atoms with E-state index in [1.54, 1.807) is 26.4 Å². The first-order chi connectivity index (χ1) is 12.0. The summed E-state index contributed by atoms with van der Waals surface area (Å²) in [6.07, 6.45) is 1.60. The smallest absolute Gasteiger partial charge is 0.255 e. The first-order valence-electron chi connectivity index (χ1n) is 8.30. The summed E-state index contributed by atoms with van der Waals surface area (Å²) < 4.78 is 6.92. The molecule has 0 aliphatic carbocycles. The summed E-state index contributed by atoms with van der Waals surface area (Å²) in [4.78, 5) is 28.5. The number of piperazine rings is 1. The average molecular weight is 341 g/mol. The lowest BCUT2D eigenvalue weighted by atomic mass is 10.0. The molecular weight excluding hydrogens is 318 g/mol. The molecule has 0 N–H and O–H groups in total. The van der Waals surface area contributed by atoms with E-state index in [2.05, 4.69) is 11.9 Å². The lowest BCUT2D eigenvalue weighted by Crippen LogP contribution is -2.49. The fourth-order valence-electron chi connectivity index (χ4n) is 3.24. The summed E-state index contributed by atoms with van der Waals surface area (Å²) in [7, 11) is 5.38. The van der Waals surface area contributed by atoms with E-state index in [4.69, 9.17) is 4.74 Å². The zero-order chi connectivity index (χ0) is 18.0. The Labute approximate surface area is 147 Å². The molecule has 1 amide bonds. The molecule has 2 aromatic rings. The van der Waals surface area contributed by atoms with E-state index in [1.807, 2.05) is 29.2 Å². The van der Waals surface area contributed by atoms with Gasteiger partial charge in [0.2, 0.25) is 5.56 Å². The Morgan fingerprint density at radius 3 is 2.60 bits per heavy atom. The predicted octanol–water partition coefficient (Wildman–Crippen LogP) is 1.52. The molecule has 1 aromatic carbocycles. The number of amides is 1. The molecule has 1 saturated heterocycles. The average Bonchev–Trinajstić information content (AvgIpc) is 2.64. The number of hydrogen-bond acceptors (Lipinski definition) is 4. The third kappa shape index (κ3) is 3.44. The van der Waals surface area contributed by atoms with Crippen LogP contribution in [0.1, 0.15) is 22.0 Å². The molecule has 0 unspecified atom stereocenters. The Hall–Kier alpha value is -2.60. The topological polar surface area (TPSA) is 54.8 Å². The molecule has 25 heavy (non-hydrogen) atoms. The van der Waals surface area contributed by atoms with E-state index in [1.165, 1.54) is 10.6 Å². The summed E-state index contributed by atoms with van der Waals surface area (Å²) in [5.74, 6) is 0.777. The maximum Gasteiger partial charge on any atom is 0.255 e. The second kappa shape index (κ2) is 7.11. The molecular formula is C19H23N3O3. The molecule has 2 heterocycles. The molecule has 0 bridgehead atoms. The molecule has 3 rings (SSSR count). The Morgan fingerprint density at radius 2 is 1.88 bits per heavy atom. The SMILES string of the molecule is COc1ccccc1[C@@H]1CN(C(=O)c2ccc(=O)n(C)c2)CCN1C. The molecule has 1 atom stereocenters. The number of methoxy groups -OCH3 is 1. The van der Waals surface area contributed by atoms with Crippen LogP contribution in [-0.2, 0) is 7.05 Å². The number of likely N-dealkylation sites (N-methyl/N-ethyl adjacent to an activating group) is 1. The number of nitrogens with zero attached hydrogens (tertiary/aromatic N) is 3. The maximum atomic E-state index is 12.9. The van der Waals surface area contributed by atoms with E-state index in [0.717, 1.165) is 17.9 Å². The maximum absolute atomic E-state index is 12.9. The number of benzene rings is 1. The van der Waals surface area contributed by atoms with Gasteiger partial charge in [-0.25, -0.2) is 0 Å². The van der Waals surface area contributed by atoms with Crippen LogP contribution in [0.15, 0.2) is 47.4 Å². The van der Waals surface area contributed by atoms with Crippen molar-refractivity contribution in [2.24, 2.45) is 7.05 Å². The van der Waals surface area contributed by atoms with Crippen molar-refractivity contribution in [3.63, 3.8) is 0 Å². The highest BCUT2D eigenvalue weighted by molar-refractivity contribution is 5.94. The van der Waals surface area contributed by atoms with Gasteiger partial charge in [0.15, 0.2) is 0 Å². The summed E-state index contributed by atoms with van der Waals surface area (Å²) in [6, 6.07) is 11.0. The minimum absolute atomic E-state index is 0.0522. The van der Waals surface area contributed by atoms with Crippen molar-refractivity contribution in [3.8, 4) is 5.75 Å². The van der Waals surface area contributed by atoms with Gasteiger partial charge in [-0.2, -0.15) is 0 Å². The van der Waals surface area contributed by atoms with Crippen LogP contribution < -0.4 is 10.3 Å². The van der Waals surface area contributed by atoms with E-state index in [0.29, 0.717) is 18.7 Å². The Kier molecular flexibility index (Phi) is 4.90. The molecule has 0 saturated carbocycles. The van der Waals surface area contributed by atoms with Crippen LogP contribution >= 0.6 is 0 Å². The number of carbonyl (C=O) groups is 1. The first kappa shape index (κ1) is 17.2. The Balaban J connectivity index is 1.86. The zero-order valence-corrected chi connectivity index (χ0v) is 14.8. The predicted molar refractivity (Wildman–Crippen MR) is 96.0 cm³/mol. The van der Waals surface area contributed by atoms with Gasteiger partial charge in [0.05, 0.1) is 18.7 Å². The highest BCUT2D eigenvalue weighted by atomic mass is 16.5. The first-order valence-corrected chi connectivity index (χ1v) is 8.30. The number of pyridine rings is 1. The number of rotatable bonds is 3. The summed E-state index contributed by atoms with van der Waals surface area (Å²) in [5, 5.41) is 0. The normalized spacial score (nSPS) is 18.2. The second-order valence-corrected chi connectivity index (χ2v) is 6.36. The van der Waals surface area contributed by atoms with Crippen LogP contribution in [0.4, 0.5) is 0 Å². The van der Waals surface area contributed by atoms with E-state index < -0.39 is 0 Å². The third-order valence-electron chi connectivity index (χ3n) is 4.77. The van der Waals surface area contributed by atoms with Gasteiger partial charge in [-0.1, -0.05) is 18.2 Å². The van der Waals surface area contributed by atoms with Crippen molar-refractivity contribution in [2.45, 2.75) is 6.04 Å². The standard InChI is InChI=1S/C19H23N3O3/c1-20-10-11-22(19(24)14-8-9-18(23)21(2)12-14)13-16(20)15-6-4-5-7-17(15)25-3/h4-9,12,16H,10-11,13H2,1-3H3/t16-/m0/s1. The molecule has 132 valence electrons. The van der Waals surface area contributed by atoms with Crippen LogP contribution in [0.25, 0.3) is 0 Å². The molecule has 6 nitrogen and oxygen atoms in total. The fourth-order valence-corrected chi connectivity index (χ4v) is 3.24.